The van der Waals surface area contributed by atoms with Crippen molar-refractivity contribution in [2.24, 2.45) is 0 Å². The molecule has 0 fully saturated rings. The second kappa shape index (κ2) is 3.50. The van der Waals surface area contributed by atoms with Gasteiger partial charge in [-0.2, -0.15) is 5.10 Å². The van der Waals surface area contributed by atoms with Crippen LogP contribution in [-0.4, -0.2) is 17.2 Å². The van der Waals surface area contributed by atoms with Gasteiger partial charge in [-0.1, -0.05) is 0 Å². The lowest BCUT2D eigenvalue weighted by Gasteiger charge is -1.94. The monoisotopic (exact) mass is 267 g/mol. The van der Waals surface area contributed by atoms with Gasteiger partial charge in [-0.15, -0.1) is 0 Å². The highest BCUT2D eigenvalue weighted by molar-refractivity contribution is 9.11. The van der Waals surface area contributed by atoms with Gasteiger partial charge < -0.3 is 5.32 Å². The van der Waals surface area contributed by atoms with Crippen molar-refractivity contribution in [1.82, 2.24) is 15.5 Å². The number of hydrogen-bond acceptors (Lipinski definition) is 2. The van der Waals surface area contributed by atoms with Crippen LogP contribution >= 0.6 is 31.9 Å². The predicted octanol–water partition coefficient (Wildman–Crippen LogP) is 1.65. The molecule has 0 amide bonds. The SMILES string of the molecule is CNCc1c(Br)n[nH]c1Br. The molecule has 1 aromatic heterocycles. The van der Waals surface area contributed by atoms with Crippen LogP contribution in [0.1, 0.15) is 5.56 Å². The Kier molecular flexibility index (Phi) is 2.88. The summed E-state index contributed by atoms with van der Waals surface area (Å²) in [5.74, 6) is 0. The van der Waals surface area contributed by atoms with Crippen LogP contribution in [0, 0.1) is 0 Å². The summed E-state index contributed by atoms with van der Waals surface area (Å²) in [7, 11) is 1.89. The minimum absolute atomic E-state index is 0.803. The Labute approximate surface area is 75.8 Å². The molecule has 1 aromatic rings. The number of H-pyrrole nitrogens is 1. The molecule has 0 aliphatic rings. The van der Waals surface area contributed by atoms with Crippen molar-refractivity contribution < 1.29 is 0 Å². The van der Waals surface area contributed by atoms with Crippen LogP contribution in [0.3, 0.4) is 0 Å². The molecule has 0 radical (unpaired) electrons. The summed E-state index contributed by atoms with van der Waals surface area (Å²) >= 11 is 6.64. The molecule has 0 aliphatic carbocycles. The lowest BCUT2D eigenvalue weighted by molar-refractivity contribution is 0.812. The molecule has 0 bridgehead atoms. The first kappa shape index (κ1) is 8.23. The van der Waals surface area contributed by atoms with Crippen molar-refractivity contribution in [2.45, 2.75) is 6.54 Å². The smallest absolute Gasteiger partial charge is 0.133 e. The topological polar surface area (TPSA) is 40.7 Å². The second-order valence-corrected chi connectivity index (χ2v) is 3.38. The van der Waals surface area contributed by atoms with Crippen LogP contribution in [0.25, 0.3) is 0 Å². The summed E-state index contributed by atoms with van der Waals surface area (Å²) in [6, 6.07) is 0. The number of rotatable bonds is 2. The van der Waals surface area contributed by atoms with Crippen LogP contribution < -0.4 is 5.32 Å². The molecule has 0 atom stereocenters. The van der Waals surface area contributed by atoms with Crippen molar-refractivity contribution >= 4 is 31.9 Å². The van der Waals surface area contributed by atoms with Gasteiger partial charge in [-0.25, -0.2) is 0 Å². The summed E-state index contributed by atoms with van der Waals surface area (Å²) in [4.78, 5) is 0. The Morgan fingerprint density at radius 1 is 1.60 bits per heavy atom. The highest BCUT2D eigenvalue weighted by Gasteiger charge is 2.06. The van der Waals surface area contributed by atoms with E-state index >= 15 is 0 Å². The summed E-state index contributed by atoms with van der Waals surface area (Å²) in [5, 5.41) is 9.77. The van der Waals surface area contributed by atoms with E-state index in [4.69, 9.17) is 0 Å². The Morgan fingerprint density at radius 3 is 2.70 bits per heavy atom. The maximum Gasteiger partial charge on any atom is 0.133 e. The number of nitrogens with one attached hydrogen (secondary N) is 2. The van der Waals surface area contributed by atoms with Crippen molar-refractivity contribution in [2.75, 3.05) is 7.05 Å². The van der Waals surface area contributed by atoms with Crippen LogP contribution in [0.15, 0.2) is 9.21 Å². The Morgan fingerprint density at radius 2 is 2.30 bits per heavy atom. The van der Waals surface area contributed by atoms with E-state index in [2.05, 4.69) is 47.4 Å². The van der Waals surface area contributed by atoms with Gasteiger partial charge >= 0.3 is 0 Å². The lowest BCUT2D eigenvalue weighted by atomic mass is 10.4. The summed E-state index contributed by atoms with van der Waals surface area (Å²) < 4.78 is 1.78. The zero-order valence-corrected chi connectivity index (χ0v) is 8.58. The zero-order chi connectivity index (χ0) is 7.56. The Hall–Kier alpha value is 0.130. The van der Waals surface area contributed by atoms with Gasteiger partial charge in [0.15, 0.2) is 0 Å². The molecule has 0 aromatic carbocycles. The standard InChI is InChI=1S/C5H7Br2N3/c1-8-2-3-4(6)9-10-5(3)7/h8H,2H2,1H3,(H,9,10). The van der Waals surface area contributed by atoms with E-state index in [1.54, 1.807) is 0 Å². The van der Waals surface area contributed by atoms with Gasteiger partial charge in [-0.3, -0.25) is 5.10 Å². The van der Waals surface area contributed by atoms with Gasteiger partial charge in [0.2, 0.25) is 0 Å². The van der Waals surface area contributed by atoms with Crippen LogP contribution in [0.5, 0.6) is 0 Å². The first-order valence-corrected chi connectivity index (χ1v) is 4.37. The van der Waals surface area contributed by atoms with Crippen molar-refractivity contribution in [3.05, 3.63) is 14.8 Å². The largest absolute Gasteiger partial charge is 0.315 e. The molecule has 1 heterocycles. The molecular formula is C5H7Br2N3. The Bertz CT molecular complexity index is 201. The Balaban J connectivity index is 2.87. The zero-order valence-electron chi connectivity index (χ0n) is 5.41. The normalized spacial score (nSPS) is 10.3. The molecule has 2 N–H and O–H groups in total. The number of halogens is 2. The fourth-order valence-electron chi connectivity index (χ4n) is 0.651. The van der Waals surface area contributed by atoms with E-state index in [1.807, 2.05) is 7.05 Å². The van der Waals surface area contributed by atoms with E-state index in [0.717, 1.165) is 21.3 Å². The van der Waals surface area contributed by atoms with Crippen LogP contribution in [0.2, 0.25) is 0 Å². The highest BCUT2D eigenvalue weighted by Crippen LogP contribution is 2.21. The van der Waals surface area contributed by atoms with E-state index in [1.165, 1.54) is 0 Å². The number of nitrogens with zero attached hydrogens (tertiary/aromatic N) is 1. The third-order valence-electron chi connectivity index (χ3n) is 1.12. The molecule has 3 nitrogen and oxygen atoms in total. The molecule has 5 heteroatoms. The van der Waals surface area contributed by atoms with Gasteiger partial charge in [-0.05, 0) is 38.9 Å². The van der Waals surface area contributed by atoms with Crippen LogP contribution in [-0.2, 0) is 6.54 Å². The minimum Gasteiger partial charge on any atom is -0.315 e. The van der Waals surface area contributed by atoms with E-state index in [0.29, 0.717) is 0 Å². The second-order valence-electron chi connectivity index (χ2n) is 1.84. The van der Waals surface area contributed by atoms with Crippen molar-refractivity contribution in [3.63, 3.8) is 0 Å². The average Bonchev–Trinajstić information content (AvgIpc) is 2.20. The molecular weight excluding hydrogens is 262 g/mol. The van der Waals surface area contributed by atoms with Crippen molar-refractivity contribution in [1.29, 1.82) is 0 Å². The fraction of sp³-hybridized carbons (Fsp3) is 0.400. The molecule has 0 unspecified atom stereocenters. The van der Waals surface area contributed by atoms with E-state index in [9.17, 15) is 0 Å². The molecule has 0 saturated carbocycles. The average molecular weight is 269 g/mol. The molecule has 10 heavy (non-hydrogen) atoms. The van der Waals surface area contributed by atoms with Gasteiger partial charge in [0, 0.05) is 12.1 Å². The summed E-state index contributed by atoms with van der Waals surface area (Å²) in [6.07, 6.45) is 0. The maximum absolute atomic E-state index is 3.94. The van der Waals surface area contributed by atoms with Crippen LogP contribution in [0.4, 0.5) is 0 Å². The molecule has 56 valence electrons. The third-order valence-corrected chi connectivity index (χ3v) is 2.43. The quantitative estimate of drug-likeness (QED) is 0.857. The summed E-state index contributed by atoms with van der Waals surface area (Å²) in [6.45, 7) is 0.803. The van der Waals surface area contributed by atoms with E-state index in [-0.39, 0.29) is 0 Å². The van der Waals surface area contributed by atoms with Gasteiger partial charge in [0.1, 0.15) is 9.21 Å². The third kappa shape index (κ3) is 1.59. The van der Waals surface area contributed by atoms with Crippen molar-refractivity contribution in [3.8, 4) is 0 Å². The number of hydrogen-bond donors (Lipinski definition) is 2. The maximum atomic E-state index is 3.94. The fourth-order valence-corrected chi connectivity index (χ4v) is 1.76. The number of aromatic nitrogens is 2. The van der Waals surface area contributed by atoms with E-state index < -0.39 is 0 Å². The minimum atomic E-state index is 0.803. The lowest BCUT2D eigenvalue weighted by Crippen LogP contribution is -2.04. The molecule has 1 rings (SSSR count). The number of aromatic amines is 1. The predicted molar refractivity (Wildman–Crippen MR) is 46.8 cm³/mol. The molecule has 0 saturated heterocycles. The molecule has 0 aliphatic heterocycles. The first-order chi connectivity index (χ1) is 4.75. The van der Waals surface area contributed by atoms with Gasteiger partial charge in [0.25, 0.3) is 0 Å². The summed E-state index contributed by atoms with van der Waals surface area (Å²) in [5.41, 5.74) is 1.11. The first-order valence-electron chi connectivity index (χ1n) is 2.78. The van der Waals surface area contributed by atoms with Gasteiger partial charge in [0.05, 0.1) is 0 Å². The molecule has 0 spiro atoms. The highest BCUT2D eigenvalue weighted by atomic mass is 79.9.